The van der Waals surface area contributed by atoms with Crippen molar-refractivity contribution in [3.63, 3.8) is 0 Å². The molecular weight excluding hydrogens is 456 g/mol. The number of piperidine rings is 1. The van der Waals surface area contributed by atoms with Gasteiger partial charge in [0, 0.05) is 30.8 Å². The fraction of sp³-hybridized carbons (Fsp3) is 0.276. The van der Waals surface area contributed by atoms with Crippen molar-refractivity contribution < 1.29 is 23.9 Å². The van der Waals surface area contributed by atoms with Crippen molar-refractivity contribution in [2.75, 3.05) is 26.2 Å². The quantitative estimate of drug-likeness (QED) is 0.368. The van der Waals surface area contributed by atoms with Gasteiger partial charge in [0.2, 0.25) is 0 Å². The predicted octanol–water partition coefficient (Wildman–Crippen LogP) is 5.17. The van der Waals surface area contributed by atoms with E-state index in [2.05, 4.69) is 5.32 Å². The topological polar surface area (TPSA) is 84.9 Å². The average Bonchev–Trinajstić information content (AvgIpc) is 2.93. The number of nitrogens with one attached hydrogen (secondary N) is 1. The Morgan fingerprint density at radius 1 is 0.833 bits per heavy atom. The molecule has 2 amide bonds. The van der Waals surface area contributed by atoms with Crippen LogP contribution in [0, 0.1) is 5.92 Å². The number of rotatable bonds is 7. The van der Waals surface area contributed by atoms with E-state index in [4.69, 9.17) is 9.47 Å². The summed E-state index contributed by atoms with van der Waals surface area (Å²) in [5, 5.41) is 3.04. The Hall–Kier alpha value is -4.13. The number of hydrogen-bond acceptors (Lipinski definition) is 5. The second-order valence-electron chi connectivity index (χ2n) is 8.70. The van der Waals surface area contributed by atoms with Crippen LogP contribution in [0.15, 0.2) is 78.9 Å². The molecule has 7 nitrogen and oxygen atoms in total. The smallest absolute Gasteiger partial charge is 0.434 e. The molecule has 1 aliphatic heterocycles. The maximum atomic E-state index is 12.8. The minimum atomic E-state index is -0.769. The van der Waals surface area contributed by atoms with E-state index in [0.29, 0.717) is 42.4 Å². The van der Waals surface area contributed by atoms with Crippen molar-refractivity contribution in [3.8, 4) is 16.9 Å². The largest absolute Gasteiger partial charge is 0.513 e. The maximum absolute atomic E-state index is 12.8. The number of benzene rings is 3. The fourth-order valence-electron chi connectivity index (χ4n) is 4.22. The van der Waals surface area contributed by atoms with E-state index in [9.17, 15) is 14.4 Å². The molecule has 0 atom stereocenters. The number of nitrogens with zero attached hydrogens (tertiary/aromatic N) is 1. The lowest BCUT2D eigenvalue weighted by atomic mass is 9.96. The van der Waals surface area contributed by atoms with E-state index in [1.165, 1.54) is 0 Å². The Morgan fingerprint density at radius 3 is 2.08 bits per heavy atom. The molecule has 0 saturated carbocycles. The summed E-state index contributed by atoms with van der Waals surface area (Å²) < 4.78 is 9.78. The lowest BCUT2D eigenvalue weighted by Gasteiger charge is -2.32. The third-order valence-corrected chi connectivity index (χ3v) is 6.27. The zero-order valence-corrected chi connectivity index (χ0v) is 20.3. The lowest BCUT2D eigenvalue weighted by Crippen LogP contribution is -2.41. The summed E-state index contributed by atoms with van der Waals surface area (Å²) in [5.41, 5.74) is 3.37. The van der Waals surface area contributed by atoms with Crippen LogP contribution >= 0.6 is 0 Å². The first-order chi connectivity index (χ1) is 17.5. The molecule has 0 aromatic heterocycles. The number of carbonyl (C=O) groups excluding carboxylic acids is 3. The minimum Gasteiger partial charge on any atom is -0.434 e. The fourth-order valence-corrected chi connectivity index (χ4v) is 4.22. The van der Waals surface area contributed by atoms with Crippen molar-refractivity contribution in [2.24, 2.45) is 5.92 Å². The van der Waals surface area contributed by atoms with Crippen LogP contribution in [-0.2, 0) is 4.74 Å². The second kappa shape index (κ2) is 12.0. The van der Waals surface area contributed by atoms with Gasteiger partial charge < -0.3 is 19.7 Å². The molecule has 7 heteroatoms. The molecule has 0 radical (unpaired) electrons. The SMILES string of the molecule is CCOC(=O)Oc1ccc(C(=O)N2CCC(CNC(=O)c3ccc(-c4ccccc4)cc3)CC2)cc1. The molecule has 0 spiro atoms. The first-order valence-electron chi connectivity index (χ1n) is 12.2. The van der Waals surface area contributed by atoms with Crippen LogP contribution in [-0.4, -0.2) is 49.1 Å². The highest BCUT2D eigenvalue weighted by Gasteiger charge is 2.24. The van der Waals surface area contributed by atoms with E-state index in [1.54, 1.807) is 31.2 Å². The molecule has 4 rings (SSSR count). The van der Waals surface area contributed by atoms with Crippen molar-refractivity contribution in [2.45, 2.75) is 19.8 Å². The third kappa shape index (κ3) is 6.50. The van der Waals surface area contributed by atoms with Gasteiger partial charge in [0.25, 0.3) is 11.8 Å². The summed E-state index contributed by atoms with van der Waals surface area (Å²) in [7, 11) is 0. The van der Waals surface area contributed by atoms with Crippen molar-refractivity contribution in [1.82, 2.24) is 10.2 Å². The Kier molecular flexibility index (Phi) is 8.34. The summed E-state index contributed by atoms with van der Waals surface area (Å²) >= 11 is 0. The molecule has 36 heavy (non-hydrogen) atoms. The van der Waals surface area contributed by atoms with Crippen LogP contribution in [0.1, 0.15) is 40.5 Å². The average molecular weight is 487 g/mol. The van der Waals surface area contributed by atoms with Gasteiger partial charge in [-0.25, -0.2) is 4.79 Å². The van der Waals surface area contributed by atoms with E-state index in [1.807, 2.05) is 59.5 Å². The zero-order valence-electron chi connectivity index (χ0n) is 20.3. The predicted molar refractivity (Wildman–Crippen MR) is 137 cm³/mol. The third-order valence-electron chi connectivity index (χ3n) is 6.27. The molecule has 3 aromatic rings. The Balaban J connectivity index is 1.22. The van der Waals surface area contributed by atoms with Gasteiger partial charge in [0.15, 0.2) is 0 Å². The second-order valence-corrected chi connectivity index (χ2v) is 8.70. The van der Waals surface area contributed by atoms with E-state index in [-0.39, 0.29) is 18.4 Å². The molecule has 1 fully saturated rings. The number of hydrogen-bond donors (Lipinski definition) is 1. The molecule has 0 unspecified atom stereocenters. The van der Waals surface area contributed by atoms with Gasteiger partial charge in [-0.05, 0) is 73.2 Å². The van der Waals surface area contributed by atoms with Crippen LogP contribution in [0.4, 0.5) is 4.79 Å². The normalized spacial score (nSPS) is 13.6. The Bertz CT molecular complexity index is 1170. The molecule has 1 heterocycles. The van der Waals surface area contributed by atoms with Gasteiger partial charge in [-0.1, -0.05) is 42.5 Å². The number of ether oxygens (including phenoxy) is 2. The Morgan fingerprint density at radius 2 is 1.44 bits per heavy atom. The van der Waals surface area contributed by atoms with Gasteiger partial charge in [0.05, 0.1) is 6.61 Å². The summed E-state index contributed by atoms with van der Waals surface area (Å²) in [6.07, 6.45) is 0.876. The van der Waals surface area contributed by atoms with Crippen LogP contribution in [0.2, 0.25) is 0 Å². The van der Waals surface area contributed by atoms with Gasteiger partial charge in [-0.2, -0.15) is 0 Å². The van der Waals surface area contributed by atoms with Crippen LogP contribution in [0.3, 0.4) is 0 Å². The van der Waals surface area contributed by atoms with Gasteiger partial charge in [0.1, 0.15) is 5.75 Å². The van der Waals surface area contributed by atoms with Crippen molar-refractivity contribution in [3.05, 3.63) is 90.0 Å². The minimum absolute atomic E-state index is 0.0568. The standard InChI is InChI=1S/C29H30N2O5/c1-2-35-29(34)36-26-14-12-25(13-15-26)28(33)31-18-16-21(17-19-31)20-30-27(32)24-10-8-23(9-11-24)22-6-4-3-5-7-22/h3-15,21H,2,16-20H2,1H3,(H,30,32). The van der Waals surface area contributed by atoms with E-state index < -0.39 is 6.16 Å². The summed E-state index contributed by atoms with van der Waals surface area (Å²) in [6, 6.07) is 24.1. The molecule has 3 aromatic carbocycles. The van der Waals surface area contributed by atoms with Crippen molar-refractivity contribution in [1.29, 1.82) is 0 Å². The van der Waals surface area contributed by atoms with Crippen LogP contribution in [0.25, 0.3) is 11.1 Å². The highest BCUT2D eigenvalue weighted by molar-refractivity contribution is 5.95. The molecule has 1 aliphatic rings. The number of likely N-dealkylation sites (tertiary alicyclic amines) is 1. The summed E-state index contributed by atoms with van der Waals surface area (Å²) in [4.78, 5) is 38.7. The first kappa shape index (κ1) is 25.0. The highest BCUT2D eigenvalue weighted by atomic mass is 16.7. The van der Waals surface area contributed by atoms with Crippen LogP contribution in [0.5, 0.6) is 5.75 Å². The van der Waals surface area contributed by atoms with E-state index >= 15 is 0 Å². The summed E-state index contributed by atoms with van der Waals surface area (Å²) in [6.45, 7) is 3.78. The monoisotopic (exact) mass is 486 g/mol. The van der Waals surface area contributed by atoms with Crippen LogP contribution < -0.4 is 10.1 Å². The molecular formula is C29H30N2O5. The molecule has 186 valence electrons. The highest BCUT2D eigenvalue weighted by Crippen LogP contribution is 2.21. The Labute approximate surface area is 211 Å². The molecule has 0 bridgehead atoms. The lowest BCUT2D eigenvalue weighted by molar-refractivity contribution is 0.0684. The first-order valence-corrected chi connectivity index (χ1v) is 12.2. The number of carbonyl (C=O) groups is 3. The summed E-state index contributed by atoms with van der Waals surface area (Å²) in [5.74, 6) is 0.507. The number of amides is 2. The van der Waals surface area contributed by atoms with E-state index in [0.717, 1.165) is 24.0 Å². The molecule has 0 aliphatic carbocycles. The van der Waals surface area contributed by atoms with Gasteiger partial charge >= 0.3 is 6.16 Å². The zero-order chi connectivity index (χ0) is 25.3. The van der Waals surface area contributed by atoms with Crippen molar-refractivity contribution >= 4 is 18.0 Å². The van der Waals surface area contributed by atoms with Gasteiger partial charge in [-0.15, -0.1) is 0 Å². The maximum Gasteiger partial charge on any atom is 0.513 e. The molecule has 1 N–H and O–H groups in total. The van der Waals surface area contributed by atoms with Gasteiger partial charge in [-0.3, -0.25) is 9.59 Å². The molecule has 1 saturated heterocycles.